The first-order valence-corrected chi connectivity index (χ1v) is 6.55. The predicted molar refractivity (Wildman–Crippen MR) is 76.2 cm³/mol. The second-order valence-electron chi connectivity index (χ2n) is 5.01. The standard InChI is InChI=1S/C15H12N4O3/c1-18(2)15-11(7-16)17-12(22-15)8-19-13(20)9-5-3-4-6-10(9)14(19)21/h3-6H,8H2,1-2H3. The molecule has 7 nitrogen and oxygen atoms in total. The minimum atomic E-state index is -0.385. The van der Waals surface area contributed by atoms with E-state index >= 15 is 0 Å². The van der Waals surface area contributed by atoms with Crippen LogP contribution in [0.5, 0.6) is 0 Å². The maximum atomic E-state index is 12.3. The van der Waals surface area contributed by atoms with Gasteiger partial charge >= 0.3 is 0 Å². The highest BCUT2D eigenvalue weighted by atomic mass is 16.4. The van der Waals surface area contributed by atoms with Crippen molar-refractivity contribution in [2.45, 2.75) is 6.54 Å². The van der Waals surface area contributed by atoms with E-state index in [4.69, 9.17) is 9.68 Å². The van der Waals surface area contributed by atoms with Crippen molar-refractivity contribution in [2.75, 3.05) is 19.0 Å². The molecule has 2 aromatic rings. The van der Waals surface area contributed by atoms with Crippen LogP contribution in [0, 0.1) is 11.3 Å². The molecular formula is C15H12N4O3. The van der Waals surface area contributed by atoms with Gasteiger partial charge in [0.25, 0.3) is 11.8 Å². The normalized spacial score (nSPS) is 13.2. The average molecular weight is 296 g/mol. The van der Waals surface area contributed by atoms with Crippen LogP contribution in [0.25, 0.3) is 0 Å². The van der Waals surface area contributed by atoms with Gasteiger partial charge in [-0.05, 0) is 12.1 Å². The summed E-state index contributed by atoms with van der Waals surface area (Å²) in [7, 11) is 3.43. The second-order valence-corrected chi connectivity index (χ2v) is 5.01. The van der Waals surface area contributed by atoms with Crippen LogP contribution < -0.4 is 4.90 Å². The predicted octanol–water partition coefficient (Wildman–Crippen LogP) is 1.41. The Hall–Kier alpha value is -3.14. The zero-order chi connectivity index (χ0) is 15.9. The molecule has 0 saturated heterocycles. The summed E-state index contributed by atoms with van der Waals surface area (Å²) in [5, 5.41) is 9.04. The molecule has 0 spiro atoms. The lowest BCUT2D eigenvalue weighted by atomic mass is 10.1. The van der Waals surface area contributed by atoms with Gasteiger partial charge in [-0.15, -0.1) is 0 Å². The van der Waals surface area contributed by atoms with Crippen LogP contribution in [0.3, 0.4) is 0 Å². The number of carbonyl (C=O) groups is 2. The molecule has 1 aromatic carbocycles. The molecule has 0 radical (unpaired) electrons. The zero-order valence-corrected chi connectivity index (χ0v) is 12.0. The third-order valence-corrected chi connectivity index (χ3v) is 3.34. The second kappa shape index (κ2) is 5.00. The molecule has 0 unspecified atom stereocenters. The van der Waals surface area contributed by atoms with Crippen molar-refractivity contribution in [3.05, 3.63) is 47.0 Å². The molecule has 0 N–H and O–H groups in total. The smallest absolute Gasteiger partial charge is 0.262 e. The summed E-state index contributed by atoms with van der Waals surface area (Å²) in [6.45, 7) is -0.102. The van der Waals surface area contributed by atoms with Gasteiger partial charge in [0.1, 0.15) is 12.6 Å². The number of rotatable bonds is 3. The topological polar surface area (TPSA) is 90.4 Å². The monoisotopic (exact) mass is 296 g/mol. The highest BCUT2D eigenvalue weighted by Crippen LogP contribution is 2.26. The number of fused-ring (bicyclic) bond motifs is 1. The number of nitriles is 1. The zero-order valence-electron chi connectivity index (χ0n) is 12.0. The Morgan fingerprint density at radius 1 is 1.23 bits per heavy atom. The van der Waals surface area contributed by atoms with E-state index in [0.29, 0.717) is 17.0 Å². The molecule has 1 aliphatic rings. The van der Waals surface area contributed by atoms with Gasteiger partial charge in [-0.1, -0.05) is 12.1 Å². The van der Waals surface area contributed by atoms with Gasteiger partial charge in [-0.25, -0.2) is 0 Å². The number of aromatic nitrogens is 1. The minimum Gasteiger partial charge on any atom is -0.422 e. The molecule has 2 amide bonds. The van der Waals surface area contributed by atoms with E-state index < -0.39 is 0 Å². The van der Waals surface area contributed by atoms with Crippen molar-refractivity contribution < 1.29 is 14.0 Å². The summed E-state index contributed by atoms with van der Waals surface area (Å²) < 4.78 is 5.47. The summed E-state index contributed by atoms with van der Waals surface area (Å²) in [6.07, 6.45) is 0. The maximum Gasteiger partial charge on any atom is 0.262 e. The van der Waals surface area contributed by atoms with E-state index in [1.54, 1.807) is 43.3 Å². The highest BCUT2D eigenvalue weighted by Gasteiger charge is 2.36. The molecular weight excluding hydrogens is 284 g/mol. The molecule has 1 aromatic heterocycles. The quantitative estimate of drug-likeness (QED) is 0.795. The average Bonchev–Trinajstić information content (AvgIpc) is 3.03. The number of carbonyl (C=O) groups excluding carboxylic acids is 2. The van der Waals surface area contributed by atoms with E-state index in [-0.39, 0.29) is 29.9 Å². The number of amides is 2. The van der Waals surface area contributed by atoms with Crippen LogP contribution in [-0.2, 0) is 6.54 Å². The van der Waals surface area contributed by atoms with Crippen molar-refractivity contribution in [3.63, 3.8) is 0 Å². The first kappa shape index (κ1) is 13.8. The molecule has 0 bridgehead atoms. The van der Waals surface area contributed by atoms with Gasteiger partial charge in [-0.2, -0.15) is 10.2 Å². The van der Waals surface area contributed by atoms with Crippen molar-refractivity contribution in [1.29, 1.82) is 5.26 Å². The van der Waals surface area contributed by atoms with Gasteiger partial charge < -0.3 is 9.32 Å². The molecule has 0 atom stereocenters. The van der Waals surface area contributed by atoms with Gasteiger partial charge in [0, 0.05) is 14.1 Å². The summed E-state index contributed by atoms with van der Waals surface area (Å²) in [4.78, 5) is 31.2. The molecule has 110 valence electrons. The summed E-state index contributed by atoms with van der Waals surface area (Å²) >= 11 is 0. The fraction of sp³-hybridized carbons (Fsp3) is 0.200. The molecule has 7 heteroatoms. The summed E-state index contributed by atoms with van der Waals surface area (Å²) in [5.41, 5.74) is 0.858. The third kappa shape index (κ3) is 2.02. The Labute approximate surface area is 126 Å². The fourth-order valence-electron chi connectivity index (χ4n) is 2.32. The number of anilines is 1. The number of hydrogen-bond donors (Lipinski definition) is 0. The lowest BCUT2D eigenvalue weighted by Gasteiger charge is -2.11. The molecule has 22 heavy (non-hydrogen) atoms. The van der Waals surface area contributed by atoms with Crippen LogP contribution in [0.2, 0.25) is 0 Å². The Morgan fingerprint density at radius 2 is 1.82 bits per heavy atom. The number of imide groups is 1. The number of hydrogen-bond acceptors (Lipinski definition) is 6. The Kier molecular flexibility index (Phi) is 3.14. The Morgan fingerprint density at radius 3 is 2.27 bits per heavy atom. The lowest BCUT2D eigenvalue weighted by molar-refractivity contribution is 0.0629. The third-order valence-electron chi connectivity index (χ3n) is 3.34. The van der Waals surface area contributed by atoms with Crippen molar-refractivity contribution in [1.82, 2.24) is 9.88 Å². The van der Waals surface area contributed by atoms with Gasteiger partial charge in [0.15, 0.2) is 0 Å². The number of benzene rings is 1. The van der Waals surface area contributed by atoms with Gasteiger partial charge in [0.05, 0.1) is 11.1 Å². The summed E-state index contributed by atoms with van der Waals surface area (Å²) in [6, 6.07) is 8.55. The summed E-state index contributed by atoms with van der Waals surface area (Å²) in [5.74, 6) is -0.323. The van der Waals surface area contributed by atoms with E-state index in [1.165, 1.54) is 0 Å². The maximum absolute atomic E-state index is 12.3. The molecule has 0 saturated carbocycles. The molecule has 0 aliphatic carbocycles. The SMILES string of the molecule is CN(C)c1oc(CN2C(=O)c3ccccc3C2=O)nc1C#N. The van der Waals surface area contributed by atoms with Crippen LogP contribution in [0.15, 0.2) is 28.7 Å². The van der Waals surface area contributed by atoms with E-state index in [1.807, 2.05) is 6.07 Å². The van der Waals surface area contributed by atoms with Crippen LogP contribution in [-0.4, -0.2) is 35.8 Å². The van der Waals surface area contributed by atoms with Crippen molar-refractivity contribution in [3.8, 4) is 6.07 Å². The molecule has 2 heterocycles. The molecule has 3 rings (SSSR count). The minimum absolute atomic E-state index is 0.102. The van der Waals surface area contributed by atoms with Gasteiger partial charge in [-0.3, -0.25) is 14.5 Å². The number of oxazole rings is 1. The van der Waals surface area contributed by atoms with Crippen LogP contribution >= 0.6 is 0 Å². The van der Waals surface area contributed by atoms with E-state index in [2.05, 4.69) is 4.98 Å². The Bertz CT molecular complexity index is 781. The Balaban J connectivity index is 1.91. The van der Waals surface area contributed by atoms with Crippen molar-refractivity contribution >= 4 is 17.7 Å². The first-order valence-electron chi connectivity index (χ1n) is 6.55. The first-order chi connectivity index (χ1) is 10.5. The van der Waals surface area contributed by atoms with E-state index in [9.17, 15) is 9.59 Å². The lowest BCUT2D eigenvalue weighted by Crippen LogP contribution is -2.29. The van der Waals surface area contributed by atoms with Crippen molar-refractivity contribution in [2.24, 2.45) is 0 Å². The highest BCUT2D eigenvalue weighted by molar-refractivity contribution is 6.21. The molecule has 0 fully saturated rings. The largest absolute Gasteiger partial charge is 0.422 e. The number of nitrogens with zero attached hydrogens (tertiary/aromatic N) is 4. The van der Waals surface area contributed by atoms with Crippen LogP contribution in [0.4, 0.5) is 5.88 Å². The van der Waals surface area contributed by atoms with Crippen LogP contribution in [0.1, 0.15) is 32.3 Å². The van der Waals surface area contributed by atoms with Gasteiger partial charge in [0.2, 0.25) is 17.5 Å². The molecule has 1 aliphatic heterocycles. The fourth-order valence-corrected chi connectivity index (χ4v) is 2.32. The van der Waals surface area contributed by atoms with E-state index in [0.717, 1.165) is 4.90 Å².